The Hall–Kier alpha value is -0.760. The summed E-state index contributed by atoms with van der Waals surface area (Å²) < 4.78 is 23.5. The van der Waals surface area contributed by atoms with E-state index in [2.05, 4.69) is 31.3 Å². The first kappa shape index (κ1) is 45.2. The number of carbonyl (C=O) groups is 1. The van der Waals surface area contributed by atoms with Crippen LogP contribution in [-0.2, 0) is 18.4 Å². The fourth-order valence-corrected chi connectivity index (χ4v) is 6.13. The molecule has 3 N–H and O–H groups in total. The van der Waals surface area contributed by atoms with E-state index in [1.165, 1.54) is 89.9 Å². The summed E-state index contributed by atoms with van der Waals surface area (Å²) in [6.45, 7) is 4.83. The minimum atomic E-state index is -4.30. The maximum absolute atomic E-state index is 12.8. The van der Waals surface area contributed by atoms with E-state index in [-0.39, 0.29) is 19.1 Å². The molecule has 0 saturated heterocycles. The molecule has 8 nitrogen and oxygen atoms in total. The molecule has 0 aromatic heterocycles. The number of rotatable bonds is 34. The zero-order valence-corrected chi connectivity index (χ0v) is 31.7. The highest BCUT2D eigenvalue weighted by Crippen LogP contribution is 2.43. The standard InChI is InChI=1S/C37H75N2O6P/c1-6-8-10-12-14-16-17-18-19-20-21-23-25-27-29-31-37(41)38-35(34-45-46(42,43)44-33-32-39(3,4)5)36(40)30-28-26-24-22-15-13-11-9-7-2/h18-19,35-36,40H,6-17,20-34H2,1-5H3,(H-,38,41,42,43)/p+1/b19-18-. The van der Waals surface area contributed by atoms with Crippen LogP contribution in [0.15, 0.2) is 12.2 Å². The largest absolute Gasteiger partial charge is 0.472 e. The number of phosphoric ester groups is 1. The van der Waals surface area contributed by atoms with E-state index in [1.807, 2.05) is 21.1 Å². The van der Waals surface area contributed by atoms with E-state index >= 15 is 0 Å². The Morgan fingerprint density at radius 2 is 1.17 bits per heavy atom. The van der Waals surface area contributed by atoms with Crippen molar-refractivity contribution in [2.45, 2.75) is 180 Å². The molecule has 9 heteroatoms. The van der Waals surface area contributed by atoms with Crippen LogP contribution in [0.3, 0.4) is 0 Å². The molecule has 1 amide bonds. The first-order valence-electron chi connectivity index (χ1n) is 19.1. The van der Waals surface area contributed by atoms with Crippen LogP contribution in [0.1, 0.15) is 168 Å². The molecule has 0 bridgehead atoms. The van der Waals surface area contributed by atoms with Crippen molar-refractivity contribution in [1.29, 1.82) is 0 Å². The van der Waals surface area contributed by atoms with E-state index in [4.69, 9.17) is 9.05 Å². The Balaban J connectivity index is 4.43. The van der Waals surface area contributed by atoms with Crippen LogP contribution in [-0.4, -0.2) is 73.4 Å². The number of carbonyl (C=O) groups excluding carboxylic acids is 1. The van der Waals surface area contributed by atoms with E-state index < -0.39 is 20.0 Å². The molecule has 0 heterocycles. The first-order valence-corrected chi connectivity index (χ1v) is 20.5. The highest BCUT2D eigenvalue weighted by Gasteiger charge is 2.28. The lowest BCUT2D eigenvalue weighted by Gasteiger charge is -2.26. The summed E-state index contributed by atoms with van der Waals surface area (Å²) >= 11 is 0. The lowest BCUT2D eigenvalue weighted by molar-refractivity contribution is -0.870. The van der Waals surface area contributed by atoms with Gasteiger partial charge < -0.3 is 19.8 Å². The highest BCUT2D eigenvalue weighted by molar-refractivity contribution is 7.47. The number of nitrogens with zero attached hydrogens (tertiary/aromatic N) is 1. The number of nitrogens with one attached hydrogen (secondary N) is 1. The van der Waals surface area contributed by atoms with Gasteiger partial charge in [0.1, 0.15) is 13.2 Å². The molecule has 0 aliphatic heterocycles. The van der Waals surface area contributed by atoms with Gasteiger partial charge in [-0.1, -0.05) is 135 Å². The fourth-order valence-electron chi connectivity index (χ4n) is 5.39. The number of aliphatic hydroxyl groups excluding tert-OH is 1. The smallest absolute Gasteiger partial charge is 0.391 e. The van der Waals surface area contributed by atoms with Crippen molar-refractivity contribution in [3.05, 3.63) is 12.2 Å². The molecule has 46 heavy (non-hydrogen) atoms. The summed E-state index contributed by atoms with van der Waals surface area (Å²) in [5.74, 6) is -0.156. The van der Waals surface area contributed by atoms with Crippen LogP contribution in [0, 0.1) is 0 Å². The number of unbranched alkanes of at least 4 members (excludes halogenated alkanes) is 19. The van der Waals surface area contributed by atoms with E-state index in [0.29, 0.717) is 23.9 Å². The van der Waals surface area contributed by atoms with E-state index in [0.717, 1.165) is 51.4 Å². The highest BCUT2D eigenvalue weighted by atomic mass is 31.2. The van der Waals surface area contributed by atoms with Crippen molar-refractivity contribution in [2.75, 3.05) is 40.9 Å². The van der Waals surface area contributed by atoms with Gasteiger partial charge in [0.05, 0.1) is 39.9 Å². The molecule has 0 fully saturated rings. The van der Waals surface area contributed by atoms with Crippen molar-refractivity contribution in [1.82, 2.24) is 5.32 Å². The zero-order valence-electron chi connectivity index (χ0n) is 30.8. The summed E-state index contributed by atoms with van der Waals surface area (Å²) in [6.07, 6.45) is 30.9. The molecule has 3 atom stereocenters. The van der Waals surface area contributed by atoms with Gasteiger partial charge in [-0.3, -0.25) is 13.8 Å². The Labute approximate surface area is 284 Å². The average molecular weight is 676 g/mol. The van der Waals surface area contributed by atoms with E-state index in [9.17, 15) is 19.4 Å². The number of quaternary nitrogens is 1. The molecule has 3 unspecified atom stereocenters. The number of allylic oxidation sites excluding steroid dienone is 2. The summed E-state index contributed by atoms with van der Waals surface area (Å²) in [6, 6.07) is -0.757. The second-order valence-electron chi connectivity index (χ2n) is 14.3. The third-order valence-corrected chi connectivity index (χ3v) is 9.50. The molecule has 0 aromatic carbocycles. The monoisotopic (exact) mass is 676 g/mol. The molecular weight excluding hydrogens is 599 g/mol. The molecule has 0 aromatic rings. The molecule has 0 rings (SSSR count). The lowest BCUT2D eigenvalue weighted by Crippen LogP contribution is -2.46. The molecule has 0 aliphatic rings. The van der Waals surface area contributed by atoms with Crippen LogP contribution in [0.5, 0.6) is 0 Å². The normalized spacial score (nSPS) is 14.8. The van der Waals surface area contributed by atoms with Crippen molar-refractivity contribution >= 4 is 13.7 Å². The van der Waals surface area contributed by atoms with Gasteiger partial charge in [-0.05, 0) is 38.5 Å². The van der Waals surface area contributed by atoms with Crippen LogP contribution in [0.4, 0.5) is 0 Å². The van der Waals surface area contributed by atoms with Gasteiger partial charge in [0.2, 0.25) is 5.91 Å². The number of hydrogen-bond acceptors (Lipinski definition) is 5. The third kappa shape index (κ3) is 31.8. The molecule has 0 spiro atoms. The maximum Gasteiger partial charge on any atom is 0.472 e. The summed E-state index contributed by atoms with van der Waals surface area (Å²) in [7, 11) is 1.61. The van der Waals surface area contributed by atoms with Gasteiger partial charge in [0.25, 0.3) is 0 Å². The molecule has 274 valence electrons. The number of amides is 1. The molecule has 0 radical (unpaired) electrons. The summed E-state index contributed by atoms with van der Waals surface area (Å²) in [4.78, 5) is 23.0. The van der Waals surface area contributed by atoms with Crippen LogP contribution in [0.2, 0.25) is 0 Å². The molecule has 0 saturated carbocycles. The quantitative estimate of drug-likeness (QED) is 0.0272. The SMILES string of the molecule is CCCCCCCC/C=C\CCCCCCCC(=O)NC(COP(=O)(O)OCC[N+](C)(C)C)C(O)CCCCCCCCCCC. The number of aliphatic hydroxyl groups is 1. The van der Waals surface area contributed by atoms with Crippen LogP contribution >= 0.6 is 7.82 Å². The van der Waals surface area contributed by atoms with Crippen LogP contribution < -0.4 is 5.32 Å². The predicted octanol–water partition coefficient (Wildman–Crippen LogP) is 9.63. The zero-order chi connectivity index (χ0) is 34.4. The number of likely N-dealkylation sites (N-methyl/N-ethyl adjacent to an activating group) is 1. The number of hydrogen-bond donors (Lipinski definition) is 3. The Kier molecular flexibility index (Phi) is 29.8. The second kappa shape index (κ2) is 30.3. The maximum atomic E-state index is 12.8. The van der Waals surface area contributed by atoms with Gasteiger partial charge in [-0.15, -0.1) is 0 Å². The topological polar surface area (TPSA) is 105 Å². The molecular formula is C37H76N2O6P+. The van der Waals surface area contributed by atoms with Crippen LogP contribution in [0.25, 0.3) is 0 Å². The van der Waals surface area contributed by atoms with Crippen molar-refractivity contribution < 1.29 is 32.9 Å². The Morgan fingerprint density at radius 1 is 0.717 bits per heavy atom. The van der Waals surface area contributed by atoms with Gasteiger partial charge >= 0.3 is 7.82 Å². The van der Waals surface area contributed by atoms with E-state index in [1.54, 1.807) is 0 Å². The minimum absolute atomic E-state index is 0.0742. The van der Waals surface area contributed by atoms with Crippen molar-refractivity contribution in [3.63, 3.8) is 0 Å². The summed E-state index contributed by atoms with van der Waals surface area (Å²) in [5.41, 5.74) is 0. The van der Waals surface area contributed by atoms with Gasteiger partial charge in [0, 0.05) is 6.42 Å². The number of phosphoric acid groups is 1. The van der Waals surface area contributed by atoms with Crippen molar-refractivity contribution in [3.8, 4) is 0 Å². The van der Waals surface area contributed by atoms with Gasteiger partial charge in [-0.2, -0.15) is 0 Å². The minimum Gasteiger partial charge on any atom is -0.391 e. The van der Waals surface area contributed by atoms with Gasteiger partial charge in [0.15, 0.2) is 0 Å². The molecule has 0 aliphatic carbocycles. The third-order valence-electron chi connectivity index (χ3n) is 8.51. The Bertz CT molecular complexity index is 773. The average Bonchev–Trinajstić information content (AvgIpc) is 2.99. The first-order chi connectivity index (χ1) is 22.0. The Morgan fingerprint density at radius 3 is 1.67 bits per heavy atom. The second-order valence-corrected chi connectivity index (χ2v) is 15.8. The lowest BCUT2D eigenvalue weighted by atomic mass is 10.0. The predicted molar refractivity (Wildman–Crippen MR) is 194 cm³/mol. The summed E-state index contributed by atoms with van der Waals surface area (Å²) in [5, 5.41) is 13.8. The van der Waals surface area contributed by atoms with Crippen molar-refractivity contribution in [2.24, 2.45) is 0 Å². The van der Waals surface area contributed by atoms with Gasteiger partial charge in [-0.25, -0.2) is 4.57 Å². The fraction of sp³-hybridized carbons (Fsp3) is 0.919.